The van der Waals surface area contributed by atoms with E-state index in [1.807, 2.05) is 0 Å². The summed E-state index contributed by atoms with van der Waals surface area (Å²) in [7, 11) is -3.63. The van der Waals surface area contributed by atoms with Gasteiger partial charge in [0.15, 0.2) is 9.84 Å². The van der Waals surface area contributed by atoms with Gasteiger partial charge in [0.25, 0.3) is 5.91 Å². The Bertz CT molecular complexity index is 1360. The second-order valence-corrected chi connectivity index (χ2v) is 12.9. The molecule has 0 unspecified atom stereocenters. The molecule has 0 aromatic heterocycles. The third-order valence-corrected chi connectivity index (χ3v) is 7.90. The molecule has 1 saturated heterocycles. The number of sulfone groups is 1. The van der Waals surface area contributed by atoms with Gasteiger partial charge in [0.1, 0.15) is 11.4 Å². The summed E-state index contributed by atoms with van der Waals surface area (Å²) in [5.41, 5.74) is -0.318. The Morgan fingerprint density at radius 2 is 1.82 bits per heavy atom. The maximum Gasteiger partial charge on any atom is 0.573 e. The first kappa shape index (κ1) is 31.3. The normalized spacial score (nSPS) is 16.0. The highest BCUT2D eigenvalue weighted by Crippen LogP contribution is 2.31. The largest absolute Gasteiger partial charge is 0.573 e. The Labute approximate surface area is 235 Å². The number of alkyl halides is 3. The van der Waals surface area contributed by atoms with E-state index >= 15 is 0 Å². The Morgan fingerprint density at radius 3 is 2.45 bits per heavy atom. The number of hydrogen-bond acceptors (Lipinski definition) is 7. The summed E-state index contributed by atoms with van der Waals surface area (Å²) in [6.07, 6.45) is -5.12. The lowest BCUT2D eigenvalue weighted by molar-refractivity contribution is -0.274. The van der Waals surface area contributed by atoms with Gasteiger partial charge in [-0.2, -0.15) is 0 Å². The Morgan fingerprint density at radius 1 is 1.12 bits per heavy atom. The van der Waals surface area contributed by atoms with Gasteiger partial charge in [0.2, 0.25) is 0 Å². The number of ether oxygens (including phenoxy) is 2. The van der Waals surface area contributed by atoms with E-state index in [2.05, 4.69) is 15.4 Å². The number of nitrogens with one attached hydrogen (secondary N) is 2. The highest BCUT2D eigenvalue weighted by molar-refractivity contribution is 7.91. The number of rotatable bonds is 8. The highest BCUT2D eigenvalue weighted by atomic mass is 35.5. The van der Waals surface area contributed by atoms with Crippen molar-refractivity contribution in [1.29, 1.82) is 0 Å². The predicted octanol–water partition coefficient (Wildman–Crippen LogP) is 5.07. The minimum atomic E-state index is -5.00. The van der Waals surface area contributed by atoms with Gasteiger partial charge >= 0.3 is 12.5 Å². The van der Waals surface area contributed by atoms with E-state index < -0.39 is 39.6 Å². The van der Waals surface area contributed by atoms with Crippen molar-refractivity contribution >= 4 is 39.1 Å². The zero-order chi connectivity index (χ0) is 29.9. The average Bonchev–Trinajstić information content (AvgIpc) is 3.28. The number of benzene rings is 2. The third kappa shape index (κ3) is 8.91. The fourth-order valence-electron chi connectivity index (χ4n) is 4.10. The Kier molecular flexibility index (Phi) is 9.50. The van der Waals surface area contributed by atoms with Crippen LogP contribution in [0, 0.1) is 0 Å². The van der Waals surface area contributed by atoms with Crippen LogP contribution in [0.3, 0.4) is 0 Å². The number of halogens is 4. The van der Waals surface area contributed by atoms with Crippen LogP contribution in [0.2, 0.25) is 5.02 Å². The number of carbonyl (C=O) groups is 2. The summed E-state index contributed by atoms with van der Waals surface area (Å²) in [6, 6.07) is 7.33. The first-order valence-corrected chi connectivity index (χ1v) is 14.4. The monoisotopic (exact) mass is 605 g/mol. The minimum Gasteiger partial charge on any atom is -0.444 e. The number of alkyl carbamates (subject to hydrolysis) is 1. The van der Waals surface area contributed by atoms with Crippen LogP contribution in [-0.4, -0.2) is 57.3 Å². The van der Waals surface area contributed by atoms with Crippen LogP contribution in [0.1, 0.15) is 50.0 Å². The summed E-state index contributed by atoms with van der Waals surface area (Å²) >= 11 is 6.02. The fraction of sp³-hybridized carbons (Fsp3) is 0.462. The molecule has 14 heteroatoms. The molecule has 40 heavy (non-hydrogen) atoms. The molecule has 1 fully saturated rings. The first-order valence-electron chi connectivity index (χ1n) is 12.4. The van der Waals surface area contributed by atoms with Gasteiger partial charge in [-0.05, 0) is 63.1 Å². The molecule has 2 aromatic carbocycles. The van der Waals surface area contributed by atoms with Crippen molar-refractivity contribution in [2.24, 2.45) is 0 Å². The molecule has 220 valence electrons. The number of nitrogens with zero attached hydrogens (tertiary/aromatic N) is 1. The Balaban J connectivity index is 1.82. The molecule has 2 N–H and O–H groups in total. The third-order valence-electron chi connectivity index (χ3n) is 5.84. The fourth-order valence-corrected chi connectivity index (χ4v) is 5.41. The van der Waals surface area contributed by atoms with Gasteiger partial charge in [-0.1, -0.05) is 18.5 Å². The summed E-state index contributed by atoms with van der Waals surface area (Å²) in [4.78, 5) is 26.9. The van der Waals surface area contributed by atoms with Gasteiger partial charge in [0.05, 0.1) is 16.7 Å². The van der Waals surface area contributed by atoms with Crippen LogP contribution in [-0.2, 0) is 21.1 Å². The molecule has 1 aliphatic rings. The number of hydrogen-bond donors (Lipinski definition) is 2. The van der Waals surface area contributed by atoms with E-state index in [1.54, 1.807) is 25.7 Å². The standard InChI is InChI=1S/C26H31ClF3N3O6S/c1-5-40(36,37)22-7-6-18(27)10-17(22)14-31-23(34)16-11-20(13-21(12-16)38-26(28,29)30)33-9-8-19(15-33)32-24(35)39-25(2,3)4/h6-7,10-13,19H,5,8-9,14-15H2,1-4H3,(H,31,34)(H,32,35)/t19-/m0/s1. The average molecular weight is 606 g/mol. The summed E-state index contributed by atoms with van der Waals surface area (Å²) in [6.45, 7) is 7.06. The molecule has 0 spiro atoms. The molecule has 3 rings (SSSR count). The SMILES string of the molecule is CCS(=O)(=O)c1ccc(Cl)cc1CNC(=O)c1cc(OC(F)(F)F)cc(N2CC[C@H](NC(=O)OC(C)(C)C)C2)c1. The number of amides is 2. The lowest BCUT2D eigenvalue weighted by atomic mass is 10.1. The van der Waals surface area contributed by atoms with Crippen molar-refractivity contribution in [2.45, 2.75) is 63.6 Å². The smallest absolute Gasteiger partial charge is 0.444 e. The van der Waals surface area contributed by atoms with Crippen molar-refractivity contribution in [3.63, 3.8) is 0 Å². The first-order chi connectivity index (χ1) is 18.5. The molecule has 1 aliphatic heterocycles. The van der Waals surface area contributed by atoms with Gasteiger partial charge < -0.3 is 25.0 Å². The Hall–Kier alpha value is -3.19. The molecular formula is C26H31ClF3N3O6S. The van der Waals surface area contributed by atoms with Crippen LogP contribution < -0.4 is 20.3 Å². The van der Waals surface area contributed by atoms with Crippen molar-refractivity contribution in [2.75, 3.05) is 23.7 Å². The molecule has 0 radical (unpaired) electrons. The molecule has 9 nitrogen and oxygen atoms in total. The summed E-state index contributed by atoms with van der Waals surface area (Å²) in [5, 5.41) is 5.55. The predicted molar refractivity (Wildman–Crippen MR) is 143 cm³/mol. The number of anilines is 1. The molecular weight excluding hydrogens is 575 g/mol. The van der Waals surface area contributed by atoms with Crippen molar-refractivity contribution in [1.82, 2.24) is 10.6 Å². The molecule has 0 bridgehead atoms. The van der Waals surface area contributed by atoms with Gasteiger partial charge in [-0.15, -0.1) is 13.2 Å². The van der Waals surface area contributed by atoms with Gasteiger partial charge in [-0.25, -0.2) is 13.2 Å². The van der Waals surface area contributed by atoms with E-state index in [1.165, 1.54) is 31.2 Å². The molecule has 0 saturated carbocycles. The van der Waals surface area contributed by atoms with Crippen molar-refractivity contribution < 1.29 is 40.7 Å². The van der Waals surface area contributed by atoms with Gasteiger partial charge in [-0.3, -0.25) is 4.79 Å². The second-order valence-electron chi connectivity index (χ2n) is 10.2. The van der Waals surface area contributed by atoms with E-state index in [-0.39, 0.29) is 51.6 Å². The minimum absolute atomic E-state index is 0.00450. The molecule has 2 aromatic rings. The van der Waals surface area contributed by atoms with Crippen LogP contribution in [0.5, 0.6) is 5.75 Å². The zero-order valence-corrected chi connectivity index (χ0v) is 24.0. The maximum atomic E-state index is 13.1. The van der Waals surface area contributed by atoms with Gasteiger partial charge in [0, 0.05) is 42.0 Å². The lowest BCUT2D eigenvalue weighted by Gasteiger charge is -2.23. The van der Waals surface area contributed by atoms with E-state index in [4.69, 9.17) is 16.3 Å². The topological polar surface area (TPSA) is 114 Å². The quantitative estimate of drug-likeness (QED) is 0.432. The van der Waals surface area contributed by atoms with Crippen LogP contribution in [0.15, 0.2) is 41.3 Å². The second kappa shape index (κ2) is 12.1. The van der Waals surface area contributed by atoms with Crippen molar-refractivity contribution in [3.05, 3.63) is 52.5 Å². The number of carbonyl (C=O) groups excluding carboxylic acids is 2. The molecule has 0 aliphatic carbocycles. The molecule has 2 amide bonds. The zero-order valence-electron chi connectivity index (χ0n) is 22.4. The van der Waals surface area contributed by atoms with Crippen LogP contribution in [0.25, 0.3) is 0 Å². The van der Waals surface area contributed by atoms with E-state index in [0.29, 0.717) is 13.0 Å². The van der Waals surface area contributed by atoms with E-state index in [9.17, 15) is 31.2 Å². The van der Waals surface area contributed by atoms with Crippen LogP contribution >= 0.6 is 11.6 Å². The molecule has 1 atom stereocenters. The highest BCUT2D eigenvalue weighted by Gasteiger charge is 2.33. The maximum absolute atomic E-state index is 13.1. The summed E-state index contributed by atoms with van der Waals surface area (Å²) < 4.78 is 73.4. The molecule has 1 heterocycles. The lowest BCUT2D eigenvalue weighted by Crippen LogP contribution is -2.40. The summed E-state index contributed by atoms with van der Waals surface area (Å²) in [5.74, 6) is -1.53. The van der Waals surface area contributed by atoms with Crippen molar-refractivity contribution in [3.8, 4) is 5.75 Å². The van der Waals surface area contributed by atoms with E-state index in [0.717, 1.165) is 12.1 Å². The van der Waals surface area contributed by atoms with Crippen LogP contribution in [0.4, 0.5) is 23.7 Å².